The molecule has 0 radical (unpaired) electrons. The first-order valence-electron chi connectivity index (χ1n) is 5.79. The van der Waals surface area contributed by atoms with Crippen LogP contribution in [-0.4, -0.2) is 5.11 Å². The molecule has 104 valence electrons. The lowest BCUT2D eigenvalue weighted by Gasteiger charge is -2.11. The van der Waals surface area contributed by atoms with Crippen molar-refractivity contribution in [3.63, 3.8) is 0 Å². The minimum Gasteiger partial charge on any atom is -0.358 e. The second-order valence-corrected chi connectivity index (χ2v) is 5.73. The van der Waals surface area contributed by atoms with Crippen molar-refractivity contribution in [2.24, 2.45) is 0 Å². The molecule has 0 aliphatic carbocycles. The molecule has 2 aromatic carbocycles. The molecule has 20 heavy (non-hydrogen) atoms. The molecule has 6 heteroatoms. The standard InChI is InChI=1S/C14H11BrClFN2S/c15-12-6-5-11(7-13(12)16)19-14(20)18-8-9-1-3-10(17)4-2-9/h1-7H,8H2,(H2,18,19,20). The van der Waals surface area contributed by atoms with E-state index in [-0.39, 0.29) is 5.82 Å². The number of hydrogen-bond acceptors (Lipinski definition) is 1. The lowest BCUT2D eigenvalue weighted by molar-refractivity contribution is 0.627. The van der Waals surface area contributed by atoms with E-state index in [2.05, 4.69) is 26.6 Å². The monoisotopic (exact) mass is 372 g/mol. The zero-order valence-electron chi connectivity index (χ0n) is 10.3. The predicted octanol–water partition coefficient (Wildman–Crippen LogP) is 4.73. The molecule has 0 aliphatic heterocycles. The van der Waals surface area contributed by atoms with E-state index in [4.69, 9.17) is 23.8 Å². The molecular weight excluding hydrogens is 363 g/mol. The van der Waals surface area contributed by atoms with E-state index in [9.17, 15) is 4.39 Å². The van der Waals surface area contributed by atoms with Crippen molar-refractivity contribution in [1.29, 1.82) is 0 Å². The third-order valence-electron chi connectivity index (χ3n) is 2.54. The van der Waals surface area contributed by atoms with Crippen LogP contribution in [0.4, 0.5) is 10.1 Å². The van der Waals surface area contributed by atoms with E-state index in [1.807, 2.05) is 12.1 Å². The van der Waals surface area contributed by atoms with Gasteiger partial charge in [0.15, 0.2) is 5.11 Å². The number of rotatable bonds is 3. The molecule has 2 nitrogen and oxygen atoms in total. The molecule has 2 aromatic rings. The largest absolute Gasteiger partial charge is 0.358 e. The summed E-state index contributed by atoms with van der Waals surface area (Å²) in [7, 11) is 0. The van der Waals surface area contributed by atoms with E-state index in [0.29, 0.717) is 16.7 Å². The summed E-state index contributed by atoms with van der Waals surface area (Å²) in [6.45, 7) is 0.524. The topological polar surface area (TPSA) is 24.1 Å². The Hall–Kier alpha value is -1.17. The molecular formula is C14H11BrClFN2S. The lowest BCUT2D eigenvalue weighted by atomic mass is 10.2. The van der Waals surface area contributed by atoms with Crippen molar-refractivity contribution in [2.45, 2.75) is 6.54 Å². The summed E-state index contributed by atoms with van der Waals surface area (Å²) in [5.74, 6) is -0.251. The summed E-state index contributed by atoms with van der Waals surface area (Å²) in [5.41, 5.74) is 1.75. The van der Waals surface area contributed by atoms with Gasteiger partial charge in [-0.2, -0.15) is 0 Å². The molecule has 0 heterocycles. The van der Waals surface area contributed by atoms with Gasteiger partial charge in [-0.15, -0.1) is 0 Å². The normalized spacial score (nSPS) is 10.2. The average Bonchev–Trinajstić information content (AvgIpc) is 2.42. The number of nitrogens with one attached hydrogen (secondary N) is 2. The van der Waals surface area contributed by atoms with Gasteiger partial charge < -0.3 is 10.6 Å². The molecule has 0 saturated carbocycles. The molecule has 0 saturated heterocycles. The van der Waals surface area contributed by atoms with E-state index in [1.54, 1.807) is 18.2 Å². The van der Waals surface area contributed by atoms with Gasteiger partial charge in [-0.25, -0.2) is 4.39 Å². The van der Waals surface area contributed by atoms with Crippen molar-refractivity contribution in [3.05, 3.63) is 63.3 Å². The number of hydrogen-bond donors (Lipinski definition) is 2. The minimum absolute atomic E-state index is 0.251. The molecule has 0 unspecified atom stereocenters. The van der Waals surface area contributed by atoms with Crippen LogP contribution in [-0.2, 0) is 6.54 Å². The zero-order chi connectivity index (χ0) is 14.5. The first kappa shape index (κ1) is 15.2. The van der Waals surface area contributed by atoms with Gasteiger partial charge in [0.25, 0.3) is 0 Å². The lowest BCUT2D eigenvalue weighted by Crippen LogP contribution is -2.27. The van der Waals surface area contributed by atoms with Crippen LogP contribution in [0.5, 0.6) is 0 Å². The summed E-state index contributed by atoms with van der Waals surface area (Å²) < 4.78 is 13.6. The fraction of sp³-hybridized carbons (Fsp3) is 0.0714. The van der Waals surface area contributed by atoms with E-state index >= 15 is 0 Å². The van der Waals surface area contributed by atoms with Crippen LogP contribution in [0.2, 0.25) is 5.02 Å². The van der Waals surface area contributed by atoms with Gasteiger partial charge in [0.2, 0.25) is 0 Å². The van der Waals surface area contributed by atoms with Gasteiger partial charge in [0.05, 0.1) is 5.02 Å². The highest BCUT2D eigenvalue weighted by Gasteiger charge is 2.01. The Kier molecular flexibility index (Phi) is 5.34. The first-order chi connectivity index (χ1) is 9.54. The van der Waals surface area contributed by atoms with Gasteiger partial charge in [0.1, 0.15) is 5.82 Å². The molecule has 0 spiro atoms. The first-order valence-corrected chi connectivity index (χ1v) is 7.37. The number of thiocarbonyl (C=S) groups is 1. The number of benzene rings is 2. The van der Waals surface area contributed by atoms with Gasteiger partial charge >= 0.3 is 0 Å². The molecule has 0 fully saturated rings. The summed E-state index contributed by atoms with van der Waals surface area (Å²) in [6.07, 6.45) is 0. The highest BCUT2D eigenvalue weighted by Crippen LogP contribution is 2.25. The van der Waals surface area contributed by atoms with Crippen LogP contribution in [0.3, 0.4) is 0 Å². The molecule has 0 bridgehead atoms. The second-order valence-electron chi connectivity index (χ2n) is 4.06. The summed E-state index contributed by atoms with van der Waals surface area (Å²) in [6, 6.07) is 11.7. The smallest absolute Gasteiger partial charge is 0.171 e. The third kappa shape index (κ3) is 4.44. The van der Waals surface area contributed by atoms with Gasteiger partial charge in [-0.05, 0) is 64.0 Å². The van der Waals surface area contributed by atoms with Crippen LogP contribution >= 0.6 is 39.7 Å². The number of halogens is 3. The van der Waals surface area contributed by atoms with Crippen molar-refractivity contribution in [3.8, 4) is 0 Å². The molecule has 2 N–H and O–H groups in total. The Labute approximate surface area is 135 Å². The van der Waals surface area contributed by atoms with Crippen molar-refractivity contribution < 1.29 is 4.39 Å². The minimum atomic E-state index is -0.251. The number of anilines is 1. The maximum Gasteiger partial charge on any atom is 0.171 e. The highest BCUT2D eigenvalue weighted by atomic mass is 79.9. The Morgan fingerprint density at radius 1 is 1.20 bits per heavy atom. The Balaban J connectivity index is 1.89. The second kappa shape index (κ2) is 7.02. The quantitative estimate of drug-likeness (QED) is 0.761. The fourth-order valence-corrected chi connectivity index (χ4v) is 2.15. The van der Waals surface area contributed by atoms with Crippen molar-refractivity contribution in [2.75, 3.05) is 5.32 Å². The van der Waals surface area contributed by atoms with E-state index < -0.39 is 0 Å². The Morgan fingerprint density at radius 2 is 1.90 bits per heavy atom. The van der Waals surface area contributed by atoms with Crippen LogP contribution in [0, 0.1) is 5.82 Å². The molecule has 0 atom stereocenters. The van der Waals surface area contributed by atoms with Crippen molar-refractivity contribution in [1.82, 2.24) is 5.32 Å². The Morgan fingerprint density at radius 3 is 2.55 bits per heavy atom. The van der Waals surface area contributed by atoms with E-state index in [1.165, 1.54) is 12.1 Å². The van der Waals surface area contributed by atoms with Crippen LogP contribution in [0.25, 0.3) is 0 Å². The average molecular weight is 374 g/mol. The molecule has 0 aromatic heterocycles. The zero-order valence-corrected chi connectivity index (χ0v) is 13.4. The summed E-state index contributed by atoms with van der Waals surface area (Å²) >= 11 is 14.5. The fourth-order valence-electron chi connectivity index (χ4n) is 1.53. The maximum absolute atomic E-state index is 12.8. The van der Waals surface area contributed by atoms with Crippen LogP contribution in [0.1, 0.15) is 5.56 Å². The Bertz CT molecular complexity index is 619. The maximum atomic E-state index is 12.8. The van der Waals surface area contributed by atoms with Crippen LogP contribution < -0.4 is 10.6 Å². The molecule has 0 aliphatic rings. The van der Waals surface area contributed by atoms with Crippen LogP contribution in [0.15, 0.2) is 46.9 Å². The van der Waals surface area contributed by atoms with Crippen molar-refractivity contribution >= 4 is 50.5 Å². The summed E-state index contributed by atoms with van der Waals surface area (Å²) in [4.78, 5) is 0. The summed E-state index contributed by atoms with van der Waals surface area (Å²) in [5, 5.41) is 7.16. The predicted molar refractivity (Wildman–Crippen MR) is 88.6 cm³/mol. The van der Waals surface area contributed by atoms with E-state index in [0.717, 1.165) is 15.7 Å². The highest BCUT2D eigenvalue weighted by molar-refractivity contribution is 9.10. The third-order valence-corrected chi connectivity index (χ3v) is 4.02. The van der Waals surface area contributed by atoms with Gasteiger partial charge in [0, 0.05) is 16.7 Å². The molecule has 0 amide bonds. The van der Waals surface area contributed by atoms with Gasteiger partial charge in [-0.3, -0.25) is 0 Å². The van der Waals surface area contributed by atoms with Gasteiger partial charge in [-0.1, -0.05) is 23.7 Å². The SMILES string of the molecule is Fc1ccc(CNC(=S)Nc2ccc(Br)c(Cl)c2)cc1. The molecule has 2 rings (SSSR count).